The number of carbonyl (C=O) groups is 2. The highest BCUT2D eigenvalue weighted by Crippen LogP contribution is 2.26. The summed E-state index contributed by atoms with van der Waals surface area (Å²) in [7, 11) is 1.81. The Balaban J connectivity index is 2.16. The van der Waals surface area contributed by atoms with Gasteiger partial charge in [0.2, 0.25) is 5.91 Å². The standard InChI is InChI=1S/C16H21N5O2/c1-9-6-11(13-10(2)19-20(5)14(13)18-9)15(23)21-7-12(22)17-8-16(21,3)4/h6H,7-8H2,1-5H3,(H,17,22). The number of pyridine rings is 1. The molecule has 2 aromatic rings. The summed E-state index contributed by atoms with van der Waals surface area (Å²) in [6.07, 6.45) is 0. The van der Waals surface area contributed by atoms with Gasteiger partial charge in [-0.05, 0) is 33.8 Å². The lowest BCUT2D eigenvalue weighted by atomic mass is 9.97. The van der Waals surface area contributed by atoms with E-state index in [1.165, 1.54) is 0 Å². The van der Waals surface area contributed by atoms with Crippen molar-refractivity contribution >= 4 is 22.8 Å². The van der Waals surface area contributed by atoms with Gasteiger partial charge in [-0.15, -0.1) is 0 Å². The molecule has 23 heavy (non-hydrogen) atoms. The Morgan fingerprint density at radius 2 is 2.04 bits per heavy atom. The Bertz CT molecular complexity index is 821. The fourth-order valence-electron chi connectivity index (χ4n) is 3.05. The first-order valence-corrected chi connectivity index (χ1v) is 7.60. The number of rotatable bonds is 1. The average molecular weight is 315 g/mol. The van der Waals surface area contributed by atoms with Crippen molar-refractivity contribution in [2.75, 3.05) is 13.1 Å². The van der Waals surface area contributed by atoms with Crippen LogP contribution in [0, 0.1) is 13.8 Å². The summed E-state index contributed by atoms with van der Waals surface area (Å²) >= 11 is 0. The first kappa shape index (κ1) is 15.5. The Labute approximate surface area is 134 Å². The highest BCUT2D eigenvalue weighted by molar-refractivity contribution is 6.08. The first-order valence-electron chi connectivity index (χ1n) is 7.60. The third-order valence-electron chi connectivity index (χ3n) is 4.32. The van der Waals surface area contributed by atoms with Crippen molar-refractivity contribution in [1.29, 1.82) is 0 Å². The van der Waals surface area contributed by atoms with Gasteiger partial charge in [-0.2, -0.15) is 5.10 Å². The van der Waals surface area contributed by atoms with Gasteiger partial charge >= 0.3 is 0 Å². The zero-order valence-electron chi connectivity index (χ0n) is 14.1. The minimum atomic E-state index is -0.440. The number of hydrogen-bond acceptors (Lipinski definition) is 4. The van der Waals surface area contributed by atoms with E-state index in [1.54, 1.807) is 15.6 Å². The number of aryl methyl sites for hydroxylation is 3. The molecule has 1 saturated heterocycles. The number of hydrogen-bond donors (Lipinski definition) is 1. The fourth-order valence-corrected chi connectivity index (χ4v) is 3.05. The number of aromatic nitrogens is 3. The van der Waals surface area contributed by atoms with E-state index < -0.39 is 5.54 Å². The van der Waals surface area contributed by atoms with Gasteiger partial charge in [-0.25, -0.2) is 4.98 Å². The number of carbonyl (C=O) groups excluding carboxylic acids is 2. The van der Waals surface area contributed by atoms with Crippen molar-refractivity contribution in [3.8, 4) is 0 Å². The van der Waals surface area contributed by atoms with Gasteiger partial charge in [0, 0.05) is 19.3 Å². The van der Waals surface area contributed by atoms with Crippen LogP contribution in [0.25, 0.3) is 11.0 Å². The number of amides is 2. The number of nitrogens with zero attached hydrogens (tertiary/aromatic N) is 4. The van der Waals surface area contributed by atoms with Crippen molar-refractivity contribution in [3.05, 3.63) is 23.0 Å². The Hall–Kier alpha value is -2.44. The molecular formula is C16H21N5O2. The summed E-state index contributed by atoms with van der Waals surface area (Å²) < 4.78 is 1.68. The fraction of sp³-hybridized carbons (Fsp3) is 0.500. The molecule has 0 spiro atoms. The minimum Gasteiger partial charge on any atom is -0.352 e. The molecule has 1 N–H and O–H groups in total. The van der Waals surface area contributed by atoms with Crippen LogP contribution < -0.4 is 5.32 Å². The summed E-state index contributed by atoms with van der Waals surface area (Å²) in [4.78, 5) is 31.1. The van der Waals surface area contributed by atoms with E-state index in [1.807, 2.05) is 34.7 Å². The molecule has 3 rings (SSSR count). The Kier molecular flexibility index (Phi) is 3.39. The lowest BCUT2D eigenvalue weighted by molar-refractivity contribution is -0.126. The van der Waals surface area contributed by atoms with E-state index >= 15 is 0 Å². The van der Waals surface area contributed by atoms with Gasteiger partial charge in [-0.3, -0.25) is 14.3 Å². The Morgan fingerprint density at radius 1 is 1.35 bits per heavy atom. The second-order valence-corrected chi connectivity index (χ2v) is 6.70. The van der Waals surface area contributed by atoms with Crippen molar-refractivity contribution in [2.45, 2.75) is 33.2 Å². The molecule has 0 saturated carbocycles. The molecule has 1 fully saturated rings. The summed E-state index contributed by atoms with van der Waals surface area (Å²) in [5, 5.41) is 7.94. The highest BCUT2D eigenvalue weighted by Gasteiger charge is 2.37. The molecule has 1 aliphatic heterocycles. The molecule has 3 heterocycles. The molecular weight excluding hydrogens is 294 g/mol. The smallest absolute Gasteiger partial charge is 0.255 e. The maximum absolute atomic E-state index is 13.2. The summed E-state index contributed by atoms with van der Waals surface area (Å²) in [6, 6.07) is 1.78. The molecule has 0 radical (unpaired) electrons. The average Bonchev–Trinajstić information content (AvgIpc) is 2.75. The summed E-state index contributed by atoms with van der Waals surface area (Å²) in [5.74, 6) is -0.293. The van der Waals surface area contributed by atoms with Crippen molar-refractivity contribution in [3.63, 3.8) is 0 Å². The van der Waals surface area contributed by atoms with Gasteiger partial charge in [0.15, 0.2) is 5.65 Å². The van der Waals surface area contributed by atoms with Gasteiger partial charge in [0.05, 0.1) is 22.2 Å². The molecule has 1 aliphatic rings. The van der Waals surface area contributed by atoms with Crippen molar-refractivity contribution in [2.24, 2.45) is 7.05 Å². The van der Waals surface area contributed by atoms with Crippen LogP contribution in [0.3, 0.4) is 0 Å². The lowest BCUT2D eigenvalue weighted by Gasteiger charge is -2.42. The molecule has 0 atom stereocenters. The quantitative estimate of drug-likeness (QED) is 0.849. The van der Waals surface area contributed by atoms with E-state index in [9.17, 15) is 9.59 Å². The third kappa shape index (κ3) is 2.46. The molecule has 122 valence electrons. The second-order valence-electron chi connectivity index (χ2n) is 6.70. The van der Waals surface area contributed by atoms with Gasteiger partial charge in [0.25, 0.3) is 5.91 Å². The van der Waals surface area contributed by atoms with Crippen LogP contribution in [0.1, 0.15) is 35.6 Å². The summed E-state index contributed by atoms with van der Waals surface area (Å²) in [6.45, 7) is 8.12. The summed E-state index contributed by atoms with van der Waals surface area (Å²) in [5.41, 5.74) is 2.32. The molecule has 7 heteroatoms. The van der Waals surface area contributed by atoms with Crippen LogP contribution in [0.4, 0.5) is 0 Å². The number of piperazine rings is 1. The normalized spacial score (nSPS) is 17.4. The SMILES string of the molecule is Cc1cc(C(=O)N2CC(=O)NCC2(C)C)c2c(C)nn(C)c2n1. The van der Waals surface area contributed by atoms with E-state index in [2.05, 4.69) is 15.4 Å². The van der Waals surface area contributed by atoms with E-state index in [-0.39, 0.29) is 18.4 Å². The molecule has 0 aliphatic carbocycles. The predicted octanol–water partition coefficient (Wildman–Crippen LogP) is 0.936. The van der Waals surface area contributed by atoms with Crippen molar-refractivity contribution < 1.29 is 9.59 Å². The molecule has 2 aromatic heterocycles. The molecule has 0 unspecified atom stereocenters. The second kappa shape index (κ2) is 5.04. The third-order valence-corrected chi connectivity index (χ3v) is 4.32. The van der Waals surface area contributed by atoms with Gasteiger partial charge in [-0.1, -0.05) is 0 Å². The topological polar surface area (TPSA) is 80.1 Å². The molecule has 0 bridgehead atoms. The van der Waals surface area contributed by atoms with Crippen LogP contribution in [-0.2, 0) is 11.8 Å². The molecule has 0 aromatic carbocycles. The van der Waals surface area contributed by atoms with Crippen LogP contribution in [-0.4, -0.2) is 50.1 Å². The Morgan fingerprint density at radius 3 is 2.74 bits per heavy atom. The zero-order valence-corrected chi connectivity index (χ0v) is 14.1. The maximum atomic E-state index is 13.2. The van der Waals surface area contributed by atoms with Gasteiger partial charge in [0.1, 0.15) is 6.54 Å². The van der Waals surface area contributed by atoms with Gasteiger partial charge < -0.3 is 10.2 Å². The zero-order chi connectivity index (χ0) is 16.9. The predicted molar refractivity (Wildman–Crippen MR) is 86.1 cm³/mol. The van der Waals surface area contributed by atoms with Crippen LogP contribution >= 0.6 is 0 Å². The van der Waals surface area contributed by atoms with Crippen LogP contribution in [0.15, 0.2) is 6.07 Å². The first-order chi connectivity index (χ1) is 10.7. The van der Waals surface area contributed by atoms with Crippen molar-refractivity contribution in [1.82, 2.24) is 25.0 Å². The van der Waals surface area contributed by atoms with E-state index in [0.29, 0.717) is 17.8 Å². The molecule has 2 amide bonds. The monoisotopic (exact) mass is 315 g/mol. The largest absolute Gasteiger partial charge is 0.352 e. The van der Waals surface area contributed by atoms with Crippen LogP contribution in [0.2, 0.25) is 0 Å². The molecule has 7 nitrogen and oxygen atoms in total. The van der Waals surface area contributed by atoms with E-state index in [4.69, 9.17) is 0 Å². The van der Waals surface area contributed by atoms with Crippen LogP contribution in [0.5, 0.6) is 0 Å². The number of fused-ring (bicyclic) bond motifs is 1. The van der Waals surface area contributed by atoms with E-state index in [0.717, 1.165) is 16.8 Å². The minimum absolute atomic E-state index is 0.0635. The number of nitrogens with one attached hydrogen (secondary N) is 1. The lowest BCUT2D eigenvalue weighted by Crippen LogP contribution is -2.62. The maximum Gasteiger partial charge on any atom is 0.255 e. The highest BCUT2D eigenvalue weighted by atomic mass is 16.2.